The molecule has 0 aliphatic rings. The maximum Gasteiger partial charge on any atom is 0.337 e. The van der Waals surface area contributed by atoms with E-state index in [1.807, 2.05) is 6.07 Å². The summed E-state index contributed by atoms with van der Waals surface area (Å²) in [5.41, 5.74) is 1.72. The minimum Gasteiger partial charge on any atom is -0.465 e. The van der Waals surface area contributed by atoms with Crippen LogP contribution < -0.4 is 5.32 Å². The van der Waals surface area contributed by atoms with Crippen LogP contribution in [-0.2, 0) is 19.1 Å². The third kappa shape index (κ3) is 6.19. The van der Waals surface area contributed by atoms with Gasteiger partial charge in [0.25, 0.3) is 5.91 Å². The summed E-state index contributed by atoms with van der Waals surface area (Å²) in [6, 6.07) is 12.8. The van der Waals surface area contributed by atoms with E-state index in [9.17, 15) is 14.4 Å². The molecule has 0 saturated carbocycles. The number of hydrogen-bond donors (Lipinski definition) is 1. The number of nitrogens with one attached hydrogen (secondary N) is 1. The van der Waals surface area contributed by atoms with Gasteiger partial charge in [0, 0.05) is 11.8 Å². The molecule has 1 amide bonds. The Morgan fingerprint density at radius 3 is 2.45 bits per heavy atom. The van der Waals surface area contributed by atoms with Crippen LogP contribution in [-0.4, -0.2) is 31.1 Å². The van der Waals surface area contributed by atoms with Crippen LogP contribution >= 0.6 is 11.6 Å². The van der Waals surface area contributed by atoms with Crippen molar-refractivity contribution in [3.05, 3.63) is 70.3 Å². The number of carbonyl (C=O) groups excluding carboxylic acids is 3. The fraction of sp³-hybridized carbons (Fsp3) is 0.143. The third-order valence-electron chi connectivity index (χ3n) is 3.76. The minimum atomic E-state index is -1.05. The van der Waals surface area contributed by atoms with Crippen LogP contribution in [0.3, 0.4) is 0 Å². The lowest BCUT2D eigenvalue weighted by atomic mass is 10.1. The predicted molar refractivity (Wildman–Crippen MR) is 107 cm³/mol. The molecule has 29 heavy (non-hydrogen) atoms. The Morgan fingerprint density at radius 2 is 1.86 bits per heavy atom. The normalized spacial score (nSPS) is 11.4. The Bertz CT molecular complexity index is 993. The highest BCUT2D eigenvalue weighted by atomic mass is 35.5. The highest BCUT2D eigenvalue weighted by Gasteiger charge is 2.17. The van der Waals surface area contributed by atoms with Gasteiger partial charge in [-0.15, -0.1) is 0 Å². The second kappa shape index (κ2) is 10.1. The second-order valence-electron chi connectivity index (χ2n) is 5.82. The Labute approximate surface area is 172 Å². The first-order valence-corrected chi connectivity index (χ1v) is 8.79. The summed E-state index contributed by atoms with van der Waals surface area (Å²) in [6.45, 7) is 1.43. The average molecular weight is 413 g/mol. The Morgan fingerprint density at radius 1 is 1.17 bits per heavy atom. The maximum atomic E-state index is 12.2. The second-order valence-corrected chi connectivity index (χ2v) is 6.23. The van der Waals surface area contributed by atoms with Crippen LogP contribution in [0.1, 0.15) is 28.4 Å². The lowest BCUT2D eigenvalue weighted by Crippen LogP contribution is -2.29. The lowest BCUT2D eigenvalue weighted by Gasteiger charge is -2.12. The molecule has 0 radical (unpaired) electrons. The van der Waals surface area contributed by atoms with Crippen molar-refractivity contribution in [3.8, 4) is 6.07 Å². The molecule has 2 aromatic rings. The minimum absolute atomic E-state index is 0.205. The molecular formula is C21H17ClN2O5. The van der Waals surface area contributed by atoms with Gasteiger partial charge in [0.15, 0.2) is 6.10 Å². The highest BCUT2D eigenvalue weighted by molar-refractivity contribution is 6.32. The predicted octanol–water partition coefficient (Wildman–Crippen LogP) is 3.58. The first-order valence-electron chi connectivity index (χ1n) is 8.41. The number of methoxy groups -OCH3 is 1. The van der Waals surface area contributed by atoms with E-state index in [0.717, 1.165) is 0 Å². The number of carbonyl (C=O) groups is 3. The van der Waals surface area contributed by atoms with Crippen LogP contribution in [0, 0.1) is 11.3 Å². The standard InChI is InChI=1S/C21H17ClN2O5/c1-13(20(26)24-17-9-8-16(12-23)18(22)11-17)29-19(25)10-5-14-3-6-15(7-4-14)21(27)28-2/h3-11,13H,1-2H3,(H,24,26)/b10-5+/t13-/m0/s1. The van der Waals surface area contributed by atoms with Crippen molar-refractivity contribution in [2.45, 2.75) is 13.0 Å². The van der Waals surface area contributed by atoms with E-state index in [1.54, 1.807) is 24.3 Å². The number of benzene rings is 2. The van der Waals surface area contributed by atoms with Crippen LogP contribution in [0.25, 0.3) is 6.08 Å². The topological polar surface area (TPSA) is 105 Å². The summed E-state index contributed by atoms with van der Waals surface area (Å²) >= 11 is 5.92. The summed E-state index contributed by atoms with van der Waals surface area (Å²) in [6.07, 6.45) is 1.62. The van der Waals surface area contributed by atoms with Gasteiger partial charge in [0.05, 0.1) is 23.3 Å². The van der Waals surface area contributed by atoms with E-state index in [-0.39, 0.29) is 10.6 Å². The summed E-state index contributed by atoms with van der Waals surface area (Å²) in [7, 11) is 1.29. The van der Waals surface area contributed by atoms with Crippen molar-refractivity contribution in [3.63, 3.8) is 0 Å². The Hall–Kier alpha value is -3.63. The van der Waals surface area contributed by atoms with Crippen molar-refractivity contribution >= 4 is 41.2 Å². The summed E-state index contributed by atoms with van der Waals surface area (Å²) in [4.78, 5) is 35.5. The molecule has 1 N–H and O–H groups in total. The van der Waals surface area contributed by atoms with E-state index in [0.29, 0.717) is 16.8 Å². The number of nitriles is 1. The van der Waals surface area contributed by atoms with Crippen molar-refractivity contribution in [1.82, 2.24) is 0 Å². The van der Waals surface area contributed by atoms with Crippen molar-refractivity contribution in [1.29, 1.82) is 5.26 Å². The van der Waals surface area contributed by atoms with Gasteiger partial charge in [0.1, 0.15) is 6.07 Å². The summed E-state index contributed by atoms with van der Waals surface area (Å²) in [5, 5.41) is 11.6. The molecule has 0 spiro atoms. The van der Waals surface area contributed by atoms with E-state index >= 15 is 0 Å². The zero-order valence-electron chi connectivity index (χ0n) is 15.6. The van der Waals surface area contributed by atoms with E-state index in [1.165, 1.54) is 44.4 Å². The van der Waals surface area contributed by atoms with Gasteiger partial charge in [0.2, 0.25) is 0 Å². The molecule has 0 fully saturated rings. The molecule has 0 aliphatic carbocycles. The van der Waals surface area contributed by atoms with E-state index in [4.69, 9.17) is 21.6 Å². The van der Waals surface area contributed by atoms with Gasteiger partial charge in [-0.2, -0.15) is 5.26 Å². The van der Waals surface area contributed by atoms with Crippen LogP contribution in [0.4, 0.5) is 5.69 Å². The first-order chi connectivity index (χ1) is 13.8. The molecular weight excluding hydrogens is 396 g/mol. The molecule has 0 unspecified atom stereocenters. The summed E-state index contributed by atoms with van der Waals surface area (Å²) < 4.78 is 9.67. The fourth-order valence-corrected chi connectivity index (χ4v) is 2.43. The number of esters is 2. The van der Waals surface area contributed by atoms with Gasteiger partial charge >= 0.3 is 11.9 Å². The molecule has 1 atom stereocenters. The number of hydrogen-bond acceptors (Lipinski definition) is 6. The molecule has 0 aliphatic heterocycles. The highest BCUT2D eigenvalue weighted by Crippen LogP contribution is 2.20. The van der Waals surface area contributed by atoms with Crippen LogP contribution in [0.15, 0.2) is 48.5 Å². The van der Waals surface area contributed by atoms with Gasteiger partial charge < -0.3 is 14.8 Å². The SMILES string of the molecule is COC(=O)c1ccc(/C=C/C(=O)O[C@@H](C)C(=O)Nc2ccc(C#N)c(Cl)c2)cc1. The fourth-order valence-electron chi connectivity index (χ4n) is 2.21. The maximum absolute atomic E-state index is 12.2. The molecule has 2 aromatic carbocycles. The van der Waals surface area contributed by atoms with Crippen molar-refractivity contribution in [2.75, 3.05) is 12.4 Å². The molecule has 0 bridgehead atoms. The number of rotatable bonds is 6. The third-order valence-corrected chi connectivity index (χ3v) is 4.08. The molecule has 0 aromatic heterocycles. The van der Waals surface area contributed by atoms with Gasteiger partial charge in [-0.25, -0.2) is 9.59 Å². The Balaban J connectivity index is 1.91. The first kappa shape index (κ1) is 21.7. The molecule has 0 heterocycles. The smallest absolute Gasteiger partial charge is 0.337 e. The average Bonchev–Trinajstić information content (AvgIpc) is 2.72. The van der Waals surface area contributed by atoms with E-state index in [2.05, 4.69) is 10.1 Å². The van der Waals surface area contributed by atoms with Crippen LogP contribution in [0.2, 0.25) is 5.02 Å². The van der Waals surface area contributed by atoms with Gasteiger partial charge in [-0.3, -0.25) is 4.79 Å². The molecule has 0 saturated heterocycles. The zero-order chi connectivity index (χ0) is 21.4. The van der Waals surface area contributed by atoms with E-state index < -0.39 is 23.9 Å². The van der Waals surface area contributed by atoms with Crippen molar-refractivity contribution < 1.29 is 23.9 Å². The largest absolute Gasteiger partial charge is 0.465 e. The Kier molecular flexibility index (Phi) is 7.52. The van der Waals surface area contributed by atoms with Gasteiger partial charge in [-0.1, -0.05) is 23.7 Å². The summed E-state index contributed by atoms with van der Waals surface area (Å²) in [5.74, 6) is -1.71. The molecule has 8 heteroatoms. The van der Waals surface area contributed by atoms with Crippen LogP contribution in [0.5, 0.6) is 0 Å². The van der Waals surface area contributed by atoms with Gasteiger partial charge in [-0.05, 0) is 48.9 Å². The quantitative estimate of drug-likeness (QED) is 0.574. The number of ether oxygens (including phenoxy) is 2. The number of halogens is 1. The number of nitrogens with zero attached hydrogens (tertiary/aromatic N) is 1. The monoisotopic (exact) mass is 412 g/mol. The molecule has 2 rings (SSSR count). The molecule has 7 nitrogen and oxygen atoms in total. The zero-order valence-corrected chi connectivity index (χ0v) is 16.4. The number of anilines is 1. The molecule has 148 valence electrons. The lowest BCUT2D eigenvalue weighted by molar-refractivity contribution is -0.148. The van der Waals surface area contributed by atoms with Crippen molar-refractivity contribution in [2.24, 2.45) is 0 Å². The number of amides is 1.